The van der Waals surface area contributed by atoms with Crippen LogP contribution in [-0.2, 0) is 0 Å². The van der Waals surface area contributed by atoms with Crippen LogP contribution in [0.25, 0.3) is 5.69 Å². The Morgan fingerprint density at radius 3 is 2.71 bits per heavy atom. The van der Waals surface area contributed by atoms with Gasteiger partial charge >= 0.3 is 0 Å². The molecule has 1 aromatic carbocycles. The molecule has 2 aromatic rings. The average molecular weight is 303 g/mol. The molecule has 0 bridgehead atoms. The molecule has 0 saturated carbocycles. The normalized spacial score (nSPS) is 10.4. The summed E-state index contributed by atoms with van der Waals surface area (Å²) in [5.74, 6) is 0.198. The molecular weight excluding hydrogens is 296 g/mol. The molecule has 14 heavy (non-hydrogen) atoms. The Bertz CT molecular complexity index is 467. The van der Waals surface area contributed by atoms with Crippen molar-refractivity contribution < 1.29 is 4.39 Å². The molecule has 0 atom stereocenters. The molecule has 72 valence electrons. The average Bonchev–Trinajstić information content (AvgIpc) is 2.51. The number of halogens is 2. The van der Waals surface area contributed by atoms with Crippen LogP contribution < -0.4 is 5.73 Å². The lowest BCUT2D eigenvalue weighted by molar-refractivity contribution is 0.626. The van der Waals surface area contributed by atoms with Gasteiger partial charge in [0.25, 0.3) is 0 Å². The summed E-state index contributed by atoms with van der Waals surface area (Å²) in [6, 6.07) is 6.21. The number of nitrogens with two attached hydrogens (primary N) is 1. The highest BCUT2D eigenvalue weighted by Gasteiger charge is 2.04. The summed E-state index contributed by atoms with van der Waals surface area (Å²) in [6.07, 6.45) is 1.74. The summed E-state index contributed by atoms with van der Waals surface area (Å²) in [6.45, 7) is 0. The number of rotatable bonds is 1. The van der Waals surface area contributed by atoms with Crippen LogP contribution in [0.4, 0.5) is 10.2 Å². The van der Waals surface area contributed by atoms with E-state index in [1.807, 2.05) is 0 Å². The smallest absolute Gasteiger partial charge is 0.145 e. The van der Waals surface area contributed by atoms with E-state index >= 15 is 0 Å². The number of aromatic nitrogens is 2. The molecule has 0 aliphatic carbocycles. The Labute approximate surface area is 93.9 Å². The number of benzene rings is 1. The van der Waals surface area contributed by atoms with Crippen LogP contribution in [0.3, 0.4) is 0 Å². The highest BCUT2D eigenvalue weighted by Crippen LogP contribution is 2.18. The van der Waals surface area contributed by atoms with Crippen LogP contribution >= 0.6 is 22.6 Å². The van der Waals surface area contributed by atoms with Crippen molar-refractivity contribution in [1.29, 1.82) is 0 Å². The first-order valence-corrected chi connectivity index (χ1v) is 5.01. The molecule has 5 heteroatoms. The standard InChI is InChI=1S/C9H7FIN3/c10-6-1-2-8(7(11)5-6)14-4-3-9(12)13-14/h1-5H,(H2,12,13). The predicted molar refractivity (Wildman–Crippen MR) is 60.7 cm³/mol. The van der Waals surface area contributed by atoms with Crippen LogP contribution in [-0.4, -0.2) is 9.78 Å². The molecule has 3 nitrogen and oxygen atoms in total. The Hall–Kier alpha value is -1.11. The maximum atomic E-state index is 12.8. The van der Waals surface area contributed by atoms with Crippen LogP contribution in [0.15, 0.2) is 30.5 Å². The topological polar surface area (TPSA) is 43.8 Å². The van der Waals surface area contributed by atoms with Crippen LogP contribution in [0.5, 0.6) is 0 Å². The fraction of sp³-hybridized carbons (Fsp3) is 0. The second kappa shape index (κ2) is 3.56. The van der Waals surface area contributed by atoms with E-state index in [0.717, 1.165) is 9.26 Å². The number of hydrogen-bond donors (Lipinski definition) is 1. The SMILES string of the molecule is Nc1ccn(-c2ccc(F)cc2I)n1. The zero-order chi connectivity index (χ0) is 10.1. The van der Waals surface area contributed by atoms with Crippen LogP contribution in [0.2, 0.25) is 0 Å². The number of anilines is 1. The molecule has 0 radical (unpaired) electrons. The van der Waals surface area contributed by atoms with Crippen molar-refractivity contribution >= 4 is 28.4 Å². The molecule has 0 saturated heterocycles. The molecule has 1 aromatic heterocycles. The van der Waals surface area contributed by atoms with E-state index in [-0.39, 0.29) is 5.82 Å². The zero-order valence-corrected chi connectivity index (χ0v) is 9.27. The van der Waals surface area contributed by atoms with Gasteiger partial charge in [-0.05, 0) is 40.8 Å². The minimum Gasteiger partial charge on any atom is -0.382 e. The van der Waals surface area contributed by atoms with Gasteiger partial charge in [0.1, 0.15) is 11.6 Å². The largest absolute Gasteiger partial charge is 0.382 e. The number of nitrogens with zero attached hydrogens (tertiary/aromatic N) is 2. The van der Waals surface area contributed by atoms with Gasteiger partial charge < -0.3 is 5.73 Å². The van der Waals surface area contributed by atoms with Crippen LogP contribution in [0, 0.1) is 9.39 Å². The third kappa shape index (κ3) is 1.72. The van der Waals surface area contributed by atoms with E-state index < -0.39 is 0 Å². The molecule has 0 spiro atoms. The minimum absolute atomic E-state index is 0.252. The Balaban J connectivity index is 2.52. The van der Waals surface area contributed by atoms with Crippen molar-refractivity contribution in [2.75, 3.05) is 5.73 Å². The van der Waals surface area contributed by atoms with E-state index in [1.165, 1.54) is 12.1 Å². The molecule has 0 aliphatic heterocycles. The predicted octanol–water partition coefficient (Wildman–Crippen LogP) is 2.20. The molecule has 2 rings (SSSR count). The first-order valence-electron chi connectivity index (χ1n) is 3.93. The third-order valence-electron chi connectivity index (χ3n) is 1.77. The summed E-state index contributed by atoms with van der Waals surface area (Å²) in [7, 11) is 0. The van der Waals surface area contributed by atoms with Gasteiger partial charge in [0.2, 0.25) is 0 Å². The minimum atomic E-state index is -0.252. The Kier molecular flexibility index (Phi) is 2.40. The highest BCUT2D eigenvalue weighted by molar-refractivity contribution is 14.1. The fourth-order valence-electron chi connectivity index (χ4n) is 1.14. The summed E-state index contributed by atoms with van der Waals surface area (Å²) in [4.78, 5) is 0. The molecule has 0 unspecified atom stereocenters. The maximum Gasteiger partial charge on any atom is 0.145 e. The maximum absolute atomic E-state index is 12.8. The zero-order valence-electron chi connectivity index (χ0n) is 7.11. The van der Waals surface area contributed by atoms with E-state index in [0.29, 0.717) is 5.82 Å². The number of hydrogen-bond acceptors (Lipinski definition) is 2. The van der Waals surface area contributed by atoms with E-state index in [4.69, 9.17) is 5.73 Å². The summed E-state index contributed by atoms with van der Waals surface area (Å²) in [5, 5.41) is 4.04. The molecule has 0 amide bonds. The van der Waals surface area contributed by atoms with Gasteiger partial charge in [0.05, 0.1) is 5.69 Å². The van der Waals surface area contributed by atoms with Crippen molar-refractivity contribution in [3.05, 3.63) is 39.8 Å². The van der Waals surface area contributed by atoms with Gasteiger partial charge in [-0.15, -0.1) is 0 Å². The van der Waals surface area contributed by atoms with E-state index in [1.54, 1.807) is 23.0 Å². The lowest BCUT2D eigenvalue weighted by Crippen LogP contribution is -1.99. The van der Waals surface area contributed by atoms with Crippen molar-refractivity contribution in [2.24, 2.45) is 0 Å². The lowest BCUT2D eigenvalue weighted by atomic mass is 10.3. The van der Waals surface area contributed by atoms with Crippen molar-refractivity contribution in [2.45, 2.75) is 0 Å². The molecule has 0 aliphatic rings. The van der Waals surface area contributed by atoms with Crippen molar-refractivity contribution in [3.8, 4) is 5.69 Å². The fourth-order valence-corrected chi connectivity index (χ4v) is 1.86. The lowest BCUT2D eigenvalue weighted by Gasteiger charge is -2.03. The Morgan fingerprint density at radius 2 is 2.14 bits per heavy atom. The second-order valence-corrected chi connectivity index (χ2v) is 3.94. The quantitative estimate of drug-likeness (QED) is 0.821. The first kappa shape index (κ1) is 9.45. The van der Waals surface area contributed by atoms with Crippen LogP contribution in [0.1, 0.15) is 0 Å². The van der Waals surface area contributed by atoms with Crippen molar-refractivity contribution in [1.82, 2.24) is 9.78 Å². The van der Waals surface area contributed by atoms with Gasteiger partial charge in [-0.25, -0.2) is 9.07 Å². The second-order valence-electron chi connectivity index (χ2n) is 2.78. The monoisotopic (exact) mass is 303 g/mol. The molecular formula is C9H7FIN3. The molecule has 1 heterocycles. The van der Waals surface area contributed by atoms with E-state index in [9.17, 15) is 4.39 Å². The van der Waals surface area contributed by atoms with E-state index in [2.05, 4.69) is 27.7 Å². The third-order valence-corrected chi connectivity index (χ3v) is 2.63. The number of nitrogen functional groups attached to an aromatic ring is 1. The summed E-state index contributed by atoms with van der Waals surface area (Å²) < 4.78 is 15.2. The van der Waals surface area contributed by atoms with Gasteiger partial charge in [-0.1, -0.05) is 0 Å². The Morgan fingerprint density at radius 1 is 1.36 bits per heavy atom. The summed E-state index contributed by atoms with van der Waals surface area (Å²) in [5.41, 5.74) is 6.31. The molecule has 0 fully saturated rings. The summed E-state index contributed by atoms with van der Waals surface area (Å²) >= 11 is 2.06. The first-order chi connectivity index (χ1) is 6.66. The van der Waals surface area contributed by atoms with Gasteiger partial charge in [-0.2, -0.15) is 5.10 Å². The highest BCUT2D eigenvalue weighted by atomic mass is 127. The molecule has 2 N–H and O–H groups in total. The van der Waals surface area contributed by atoms with Gasteiger partial charge in [-0.3, -0.25) is 0 Å². The van der Waals surface area contributed by atoms with Crippen molar-refractivity contribution in [3.63, 3.8) is 0 Å². The van der Waals surface area contributed by atoms with Gasteiger partial charge in [0, 0.05) is 15.8 Å². The van der Waals surface area contributed by atoms with Gasteiger partial charge in [0.15, 0.2) is 0 Å².